The number of hydrazine groups is 1. The van der Waals surface area contributed by atoms with E-state index < -0.39 is 0 Å². The zero-order chi connectivity index (χ0) is 13.7. The van der Waals surface area contributed by atoms with Gasteiger partial charge in [-0.2, -0.15) is 0 Å². The van der Waals surface area contributed by atoms with Crippen LogP contribution in [0.2, 0.25) is 0 Å². The molecule has 0 aromatic heterocycles. The third kappa shape index (κ3) is 3.51. The highest BCUT2D eigenvalue weighted by Crippen LogP contribution is 2.22. The number of hydrogen-bond acceptors (Lipinski definition) is 3. The van der Waals surface area contributed by atoms with E-state index in [4.69, 9.17) is 5.84 Å². The van der Waals surface area contributed by atoms with Crippen molar-refractivity contribution in [3.05, 3.63) is 35.6 Å². The van der Waals surface area contributed by atoms with Crippen LogP contribution in [0, 0.1) is 11.7 Å². The fourth-order valence-electron chi connectivity index (χ4n) is 1.87. The van der Waals surface area contributed by atoms with Crippen molar-refractivity contribution in [3.63, 3.8) is 0 Å². The van der Waals surface area contributed by atoms with Crippen LogP contribution in [0.25, 0.3) is 0 Å². The Balaban J connectivity index is 2.70. The minimum absolute atomic E-state index is 0.0979. The Morgan fingerprint density at radius 3 is 2.61 bits per heavy atom. The lowest BCUT2D eigenvalue weighted by atomic mass is 10.0. The van der Waals surface area contributed by atoms with Gasteiger partial charge in [0.2, 0.25) is 5.91 Å². The number of carbonyl (C=O) groups is 1. The van der Waals surface area contributed by atoms with Crippen molar-refractivity contribution in [3.8, 4) is 0 Å². The number of halogens is 1. The molecule has 0 heterocycles. The smallest absolute Gasteiger partial charge is 0.237 e. The van der Waals surface area contributed by atoms with Crippen LogP contribution >= 0.6 is 0 Å². The number of nitrogens with two attached hydrogens (primary N) is 1. The molecule has 0 fully saturated rings. The van der Waals surface area contributed by atoms with Gasteiger partial charge in [0.1, 0.15) is 5.82 Å². The molecule has 0 saturated carbocycles. The summed E-state index contributed by atoms with van der Waals surface area (Å²) in [4.78, 5) is 13.3. The highest BCUT2D eigenvalue weighted by molar-refractivity contribution is 5.77. The van der Waals surface area contributed by atoms with Crippen LogP contribution in [0.4, 0.5) is 4.39 Å². The SMILES string of the molecule is CC(CN(C)C(C)c1ccccc1F)C(=O)NN. The van der Waals surface area contributed by atoms with Gasteiger partial charge in [-0.25, -0.2) is 10.2 Å². The molecule has 0 radical (unpaired) electrons. The summed E-state index contributed by atoms with van der Waals surface area (Å²) in [6, 6.07) is 6.56. The lowest BCUT2D eigenvalue weighted by molar-refractivity contribution is -0.125. The summed E-state index contributed by atoms with van der Waals surface area (Å²) < 4.78 is 13.6. The van der Waals surface area contributed by atoms with Gasteiger partial charge >= 0.3 is 0 Å². The molecule has 3 N–H and O–H groups in total. The number of carbonyl (C=O) groups excluding carboxylic acids is 1. The van der Waals surface area contributed by atoms with Crippen molar-refractivity contribution in [1.82, 2.24) is 10.3 Å². The quantitative estimate of drug-likeness (QED) is 0.474. The van der Waals surface area contributed by atoms with E-state index in [0.29, 0.717) is 12.1 Å². The molecule has 0 bridgehead atoms. The molecule has 0 saturated heterocycles. The first-order valence-corrected chi connectivity index (χ1v) is 5.92. The lowest BCUT2D eigenvalue weighted by Gasteiger charge is -2.27. The second kappa shape index (κ2) is 6.47. The van der Waals surface area contributed by atoms with E-state index in [-0.39, 0.29) is 23.7 Å². The Kier molecular flexibility index (Phi) is 5.25. The first-order valence-electron chi connectivity index (χ1n) is 5.92. The molecule has 0 aliphatic carbocycles. The molecule has 2 atom stereocenters. The first kappa shape index (κ1) is 14.6. The Morgan fingerprint density at radius 2 is 2.06 bits per heavy atom. The molecule has 1 aromatic rings. The standard InChI is InChI=1S/C13H20FN3O/c1-9(13(18)16-15)8-17(3)10(2)11-6-4-5-7-12(11)14/h4-7,9-10H,8,15H2,1-3H3,(H,16,18). The molecule has 1 aromatic carbocycles. The normalized spacial score (nSPS) is 14.3. The van der Waals surface area contributed by atoms with Crippen LogP contribution in [0.3, 0.4) is 0 Å². The van der Waals surface area contributed by atoms with E-state index in [1.165, 1.54) is 6.07 Å². The van der Waals surface area contributed by atoms with Crippen LogP contribution in [0.15, 0.2) is 24.3 Å². The zero-order valence-corrected chi connectivity index (χ0v) is 11.0. The summed E-state index contributed by atoms with van der Waals surface area (Å²) in [6.45, 7) is 4.21. The molecule has 2 unspecified atom stereocenters. The van der Waals surface area contributed by atoms with Gasteiger partial charge < -0.3 is 0 Å². The summed E-state index contributed by atoms with van der Waals surface area (Å²) in [7, 11) is 1.86. The van der Waals surface area contributed by atoms with E-state index in [1.807, 2.05) is 18.9 Å². The lowest BCUT2D eigenvalue weighted by Crippen LogP contribution is -2.40. The first-order chi connectivity index (χ1) is 8.47. The van der Waals surface area contributed by atoms with Crippen molar-refractivity contribution in [2.45, 2.75) is 19.9 Å². The Hall–Kier alpha value is -1.46. The largest absolute Gasteiger partial charge is 0.299 e. The highest BCUT2D eigenvalue weighted by atomic mass is 19.1. The third-order valence-corrected chi connectivity index (χ3v) is 3.17. The van der Waals surface area contributed by atoms with Crippen molar-refractivity contribution in [2.75, 3.05) is 13.6 Å². The predicted molar refractivity (Wildman–Crippen MR) is 68.9 cm³/mol. The summed E-state index contributed by atoms with van der Waals surface area (Å²) in [5.74, 6) is 4.39. The number of rotatable bonds is 5. The molecule has 0 aliphatic rings. The van der Waals surface area contributed by atoms with E-state index in [1.54, 1.807) is 25.1 Å². The van der Waals surface area contributed by atoms with Gasteiger partial charge in [-0.15, -0.1) is 0 Å². The van der Waals surface area contributed by atoms with Gasteiger partial charge in [0, 0.05) is 24.1 Å². The molecule has 0 spiro atoms. The molecule has 4 nitrogen and oxygen atoms in total. The van der Waals surface area contributed by atoms with E-state index in [9.17, 15) is 9.18 Å². The van der Waals surface area contributed by atoms with Crippen molar-refractivity contribution >= 4 is 5.91 Å². The van der Waals surface area contributed by atoms with Crippen molar-refractivity contribution < 1.29 is 9.18 Å². The number of benzene rings is 1. The highest BCUT2D eigenvalue weighted by Gasteiger charge is 2.20. The minimum Gasteiger partial charge on any atom is -0.299 e. The molecular formula is C13H20FN3O. The molecule has 5 heteroatoms. The van der Waals surface area contributed by atoms with Crippen LogP contribution < -0.4 is 11.3 Å². The maximum absolute atomic E-state index is 13.6. The summed E-state index contributed by atoms with van der Waals surface area (Å²) >= 11 is 0. The van der Waals surface area contributed by atoms with Crippen LogP contribution in [0.5, 0.6) is 0 Å². The Morgan fingerprint density at radius 1 is 1.44 bits per heavy atom. The van der Waals surface area contributed by atoms with Gasteiger partial charge in [-0.05, 0) is 20.0 Å². The van der Waals surface area contributed by atoms with E-state index in [2.05, 4.69) is 5.43 Å². The van der Waals surface area contributed by atoms with E-state index in [0.717, 1.165) is 0 Å². The number of nitrogens with zero attached hydrogens (tertiary/aromatic N) is 1. The van der Waals surface area contributed by atoms with Gasteiger partial charge in [-0.3, -0.25) is 15.1 Å². The van der Waals surface area contributed by atoms with E-state index >= 15 is 0 Å². The van der Waals surface area contributed by atoms with Gasteiger partial charge in [0.25, 0.3) is 0 Å². The fourth-order valence-corrected chi connectivity index (χ4v) is 1.87. The summed E-state index contributed by atoms with van der Waals surface area (Å²) in [6.07, 6.45) is 0. The minimum atomic E-state index is -0.241. The Labute approximate surface area is 107 Å². The third-order valence-electron chi connectivity index (χ3n) is 3.17. The van der Waals surface area contributed by atoms with Crippen LogP contribution in [-0.4, -0.2) is 24.4 Å². The van der Waals surface area contributed by atoms with Gasteiger partial charge in [0.05, 0.1) is 0 Å². The number of hydrogen-bond donors (Lipinski definition) is 2. The Bertz CT molecular complexity index is 411. The average Bonchev–Trinajstić information content (AvgIpc) is 2.37. The zero-order valence-electron chi connectivity index (χ0n) is 11.0. The average molecular weight is 253 g/mol. The molecule has 1 amide bonds. The topological polar surface area (TPSA) is 58.4 Å². The second-order valence-corrected chi connectivity index (χ2v) is 4.55. The van der Waals surface area contributed by atoms with Crippen molar-refractivity contribution in [2.24, 2.45) is 11.8 Å². The van der Waals surface area contributed by atoms with Gasteiger partial charge in [-0.1, -0.05) is 25.1 Å². The second-order valence-electron chi connectivity index (χ2n) is 4.55. The van der Waals surface area contributed by atoms with Crippen molar-refractivity contribution in [1.29, 1.82) is 0 Å². The summed E-state index contributed by atoms with van der Waals surface area (Å²) in [5.41, 5.74) is 2.75. The molecule has 18 heavy (non-hydrogen) atoms. The van der Waals surface area contributed by atoms with Gasteiger partial charge in [0.15, 0.2) is 0 Å². The van der Waals surface area contributed by atoms with Crippen LogP contribution in [0.1, 0.15) is 25.5 Å². The predicted octanol–water partition coefficient (Wildman–Crippen LogP) is 1.44. The number of amides is 1. The maximum Gasteiger partial charge on any atom is 0.237 e. The molecular weight excluding hydrogens is 233 g/mol. The summed E-state index contributed by atoms with van der Waals surface area (Å²) in [5, 5.41) is 0. The fraction of sp³-hybridized carbons (Fsp3) is 0.462. The molecule has 0 aliphatic heterocycles. The van der Waals surface area contributed by atoms with Crippen LogP contribution in [-0.2, 0) is 4.79 Å². The molecule has 1 rings (SSSR count). The molecule has 100 valence electrons. The monoisotopic (exact) mass is 253 g/mol. The maximum atomic E-state index is 13.6. The number of nitrogens with one attached hydrogen (secondary N) is 1.